The van der Waals surface area contributed by atoms with Crippen LogP contribution in [-0.2, 0) is 0 Å². The minimum atomic E-state index is -0.426. The van der Waals surface area contributed by atoms with Crippen LogP contribution in [0.25, 0.3) is 0 Å². The number of nitrogen functional groups attached to an aromatic ring is 1. The van der Waals surface area contributed by atoms with Crippen LogP contribution in [0.5, 0.6) is 0 Å². The largest absolute Gasteiger partial charge is 0.367 e. The van der Waals surface area contributed by atoms with Crippen molar-refractivity contribution < 1.29 is 0 Å². The number of hydrogen-bond acceptors (Lipinski definition) is 5. The van der Waals surface area contributed by atoms with Gasteiger partial charge in [0.15, 0.2) is 0 Å². The zero-order valence-corrected chi connectivity index (χ0v) is 5.78. The lowest BCUT2D eigenvalue weighted by atomic mass is 10.2. The van der Waals surface area contributed by atoms with E-state index in [2.05, 4.69) is 15.2 Å². The first-order chi connectivity index (χ1) is 5.24. The number of nitrogens with one attached hydrogen (secondary N) is 1. The summed E-state index contributed by atoms with van der Waals surface area (Å²) in [6.45, 7) is 0. The van der Waals surface area contributed by atoms with Crippen molar-refractivity contribution in [2.45, 2.75) is 12.5 Å². The third kappa shape index (κ3) is 1.65. The number of nitrogens with zero attached hydrogens (tertiary/aromatic N) is 3. The van der Waals surface area contributed by atoms with E-state index in [4.69, 9.17) is 16.7 Å². The van der Waals surface area contributed by atoms with E-state index in [1.54, 1.807) is 0 Å². The SMILES string of the molecule is N#CC[C@@H](N)c1nc(N)n[nH]1. The Morgan fingerprint density at radius 2 is 2.45 bits per heavy atom. The third-order valence-electron chi connectivity index (χ3n) is 1.18. The first-order valence-electron chi connectivity index (χ1n) is 3.04. The van der Waals surface area contributed by atoms with E-state index in [1.807, 2.05) is 6.07 Å². The minimum Gasteiger partial charge on any atom is -0.367 e. The van der Waals surface area contributed by atoms with E-state index in [9.17, 15) is 0 Å². The highest BCUT2D eigenvalue weighted by Gasteiger charge is 2.08. The van der Waals surface area contributed by atoms with Crippen LogP contribution in [0.15, 0.2) is 0 Å². The van der Waals surface area contributed by atoms with Gasteiger partial charge in [-0.1, -0.05) is 0 Å². The molecule has 0 aromatic carbocycles. The topological polar surface area (TPSA) is 117 Å². The summed E-state index contributed by atoms with van der Waals surface area (Å²) in [5, 5.41) is 14.4. The molecule has 1 heterocycles. The van der Waals surface area contributed by atoms with Crippen LogP contribution in [0.1, 0.15) is 18.3 Å². The number of H-pyrrole nitrogens is 1. The molecular formula is C5H8N6. The molecular weight excluding hydrogens is 144 g/mol. The summed E-state index contributed by atoms with van der Waals surface area (Å²) in [5.41, 5.74) is 10.7. The molecule has 1 atom stereocenters. The van der Waals surface area contributed by atoms with Gasteiger partial charge in [-0.05, 0) is 0 Å². The highest BCUT2D eigenvalue weighted by Crippen LogP contribution is 2.07. The second kappa shape index (κ2) is 2.98. The summed E-state index contributed by atoms with van der Waals surface area (Å²) in [6.07, 6.45) is 0.203. The number of hydrogen-bond donors (Lipinski definition) is 3. The van der Waals surface area contributed by atoms with E-state index >= 15 is 0 Å². The number of nitriles is 1. The van der Waals surface area contributed by atoms with Gasteiger partial charge in [-0.3, -0.25) is 5.10 Å². The van der Waals surface area contributed by atoms with Crippen molar-refractivity contribution in [1.29, 1.82) is 5.26 Å². The first-order valence-corrected chi connectivity index (χ1v) is 3.04. The molecule has 0 bridgehead atoms. The van der Waals surface area contributed by atoms with Gasteiger partial charge in [0, 0.05) is 0 Å². The van der Waals surface area contributed by atoms with E-state index in [1.165, 1.54) is 0 Å². The van der Waals surface area contributed by atoms with Crippen LogP contribution in [0.4, 0.5) is 5.95 Å². The molecule has 1 aromatic heterocycles. The third-order valence-corrected chi connectivity index (χ3v) is 1.18. The van der Waals surface area contributed by atoms with Gasteiger partial charge in [0.25, 0.3) is 0 Å². The molecule has 0 aliphatic heterocycles. The number of aromatic nitrogens is 3. The van der Waals surface area contributed by atoms with Crippen molar-refractivity contribution in [3.63, 3.8) is 0 Å². The fourth-order valence-corrected chi connectivity index (χ4v) is 0.649. The van der Waals surface area contributed by atoms with Crippen LogP contribution in [0.2, 0.25) is 0 Å². The highest BCUT2D eigenvalue weighted by atomic mass is 15.3. The molecule has 0 saturated heterocycles. The fraction of sp³-hybridized carbons (Fsp3) is 0.400. The Labute approximate surface area is 63.2 Å². The van der Waals surface area contributed by atoms with Gasteiger partial charge < -0.3 is 11.5 Å². The second-order valence-corrected chi connectivity index (χ2v) is 2.05. The van der Waals surface area contributed by atoms with E-state index < -0.39 is 6.04 Å². The standard InChI is InChI=1S/C5H8N6/c6-2-1-3(7)4-9-5(8)11-10-4/h3H,1,7H2,(H3,8,9,10,11)/t3-/m1/s1. The predicted octanol–water partition coefficient (Wildman–Crippen LogP) is -0.700. The molecule has 0 unspecified atom stereocenters. The Hall–Kier alpha value is -1.61. The summed E-state index contributed by atoms with van der Waals surface area (Å²) in [7, 11) is 0. The van der Waals surface area contributed by atoms with Crippen molar-refractivity contribution in [2.24, 2.45) is 5.73 Å². The molecule has 0 spiro atoms. The lowest BCUT2D eigenvalue weighted by Crippen LogP contribution is -2.11. The van der Waals surface area contributed by atoms with Gasteiger partial charge in [0.2, 0.25) is 5.95 Å². The molecule has 0 saturated carbocycles. The van der Waals surface area contributed by atoms with Crippen molar-refractivity contribution in [2.75, 3.05) is 5.73 Å². The Morgan fingerprint density at radius 1 is 1.73 bits per heavy atom. The van der Waals surface area contributed by atoms with Crippen LogP contribution < -0.4 is 11.5 Å². The monoisotopic (exact) mass is 152 g/mol. The molecule has 11 heavy (non-hydrogen) atoms. The number of anilines is 1. The molecule has 0 fully saturated rings. The fourth-order valence-electron chi connectivity index (χ4n) is 0.649. The van der Waals surface area contributed by atoms with Crippen LogP contribution in [0.3, 0.4) is 0 Å². The normalized spacial score (nSPS) is 12.4. The Bertz CT molecular complexity index is 271. The maximum Gasteiger partial charge on any atom is 0.239 e. The lowest BCUT2D eigenvalue weighted by Gasteiger charge is -1.99. The van der Waals surface area contributed by atoms with Crippen molar-refractivity contribution in [1.82, 2.24) is 15.2 Å². The molecule has 0 aliphatic rings. The summed E-state index contributed by atoms with van der Waals surface area (Å²) in [5.74, 6) is 0.595. The quantitative estimate of drug-likeness (QED) is 0.518. The molecule has 0 amide bonds. The van der Waals surface area contributed by atoms with Crippen molar-refractivity contribution in [3.8, 4) is 6.07 Å². The number of nitrogens with two attached hydrogens (primary N) is 2. The molecule has 1 rings (SSSR count). The smallest absolute Gasteiger partial charge is 0.239 e. The second-order valence-electron chi connectivity index (χ2n) is 2.05. The number of rotatable bonds is 2. The average molecular weight is 152 g/mol. The zero-order chi connectivity index (χ0) is 8.27. The highest BCUT2D eigenvalue weighted by molar-refractivity contribution is 5.14. The Kier molecular flexibility index (Phi) is 2.03. The molecule has 6 heteroatoms. The summed E-state index contributed by atoms with van der Waals surface area (Å²) >= 11 is 0. The molecule has 0 aliphatic carbocycles. The average Bonchev–Trinajstić information content (AvgIpc) is 2.36. The van der Waals surface area contributed by atoms with Gasteiger partial charge in [-0.15, -0.1) is 5.10 Å². The molecule has 1 aromatic rings. The number of aromatic amines is 1. The Morgan fingerprint density at radius 3 is 2.91 bits per heavy atom. The Balaban J connectivity index is 2.70. The van der Waals surface area contributed by atoms with Gasteiger partial charge in [0.05, 0.1) is 18.5 Å². The van der Waals surface area contributed by atoms with Crippen LogP contribution >= 0.6 is 0 Å². The molecule has 0 radical (unpaired) electrons. The van der Waals surface area contributed by atoms with Crippen molar-refractivity contribution >= 4 is 5.95 Å². The maximum absolute atomic E-state index is 8.28. The van der Waals surface area contributed by atoms with E-state index in [0.717, 1.165) is 0 Å². The van der Waals surface area contributed by atoms with Gasteiger partial charge in [-0.25, -0.2) is 0 Å². The summed E-state index contributed by atoms with van der Waals surface area (Å²) < 4.78 is 0. The maximum atomic E-state index is 8.28. The first kappa shape index (κ1) is 7.50. The summed E-state index contributed by atoms with van der Waals surface area (Å²) in [6, 6.07) is 1.50. The van der Waals surface area contributed by atoms with Gasteiger partial charge in [-0.2, -0.15) is 10.2 Å². The molecule has 6 nitrogen and oxygen atoms in total. The van der Waals surface area contributed by atoms with Crippen LogP contribution in [-0.4, -0.2) is 15.2 Å². The van der Waals surface area contributed by atoms with Gasteiger partial charge in [0.1, 0.15) is 5.82 Å². The lowest BCUT2D eigenvalue weighted by molar-refractivity contribution is 0.692. The minimum absolute atomic E-state index is 0.147. The van der Waals surface area contributed by atoms with Crippen LogP contribution in [0, 0.1) is 11.3 Å². The molecule has 58 valence electrons. The van der Waals surface area contributed by atoms with E-state index in [0.29, 0.717) is 5.82 Å². The molecule has 5 N–H and O–H groups in total. The van der Waals surface area contributed by atoms with Gasteiger partial charge >= 0.3 is 0 Å². The summed E-state index contributed by atoms with van der Waals surface area (Å²) in [4.78, 5) is 3.76. The van der Waals surface area contributed by atoms with E-state index in [-0.39, 0.29) is 12.4 Å². The zero-order valence-electron chi connectivity index (χ0n) is 5.78. The van der Waals surface area contributed by atoms with Crippen molar-refractivity contribution in [3.05, 3.63) is 5.82 Å². The predicted molar refractivity (Wildman–Crippen MR) is 38.0 cm³/mol.